The van der Waals surface area contributed by atoms with Crippen LogP contribution in [-0.2, 0) is 9.53 Å². The molecule has 1 fully saturated rings. The Morgan fingerprint density at radius 2 is 1.62 bits per heavy atom. The van der Waals surface area contributed by atoms with Crippen LogP contribution >= 0.6 is 0 Å². The minimum atomic E-state index is -0.602. The number of para-hydroxylation sites is 1. The molecule has 0 N–H and O–H groups in total. The van der Waals surface area contributed by atoms with Crippen LogP contribution in [0.4, 0.5) is 10.5 Å². The summed E-state index contributed by atoms with van der Waals surface area (Å²) in [5, 5.41) is 0. The third-order valence-electron chi connectivity index (χ3n) is 6.49. The predicted molar refractivity (Wildman–Crippen MR) is 127 cm³/mol. The highest BCUT2D eigenvalue weighted by Gasteiger charge is 2.55. The van der Waals surface area contributed by atoms with Crippen LogP contribution in [0.25, 0.3) is 0 Å². The molecule has 0 spiro atoms. The van der Waals surface area contributed by atoms with Crippen LogP contribution in [0, 0.1) is 0 Å². The first-order valence-corrected chi connectivity index (χ1v) is 11.2. The summed E-state index contributed by atoms with van der Waals surface area (Å²) in [5.74, 6) is 1.87. The number of amides is 3. The van der Waals surface area contributed by atoms with Crippen LogP contribution in [0.2, 0.25) is 0 Å². The van der Waals surface area contributed by atoms with E-state index in [2.05, 4.69) is 0 Å². The molecular weight excluding hydrogens is 434 g/mol. The molecule has 176 valence electrons. The van der Waals surface area contributed by atoms with Crippen molar-refractivity contribution in [1.29, 1.82) is 0 Å². The van der Waals surface area contributed by atoms with Gasteiger partial charge in [0.2, 0.25) is 5.96 Å². The van der Waals surface area contributed by atoms with Gasteiger partial charge in [-0.15, -0.1) is 0 Å². The lowest BCUT2D eigenvalue weighted by atomic mass is 10.1. The van der Waals surface area contributed by atoms with Gasteiger partial charge in [-0.25, -0.2) is 9.79 Å². The van der Waals surface area contributed by atoms with Gasteiger partial charge >= 0.3 is 6.03 Å². The van der Waals surface area contributed by atoms with Crippen molar-refractivity contribution in [2.45, 2.75) is 26.1 Å². The number of rotatable bonds is 6. The van der Waals surface area contributed by atoms with Crippen LogP contribution in [0.5, 0.6) is 11.5 Å². The molecule has 3 amide bonds. The number of ether oxygens (including phenoxy) is 2. The van der Waals surface area contributed by atoms with Gasteiger partial charge in [0.15, 0.2) is 12.2 Å². The van der Waals surface area contributed by atoms with E-state index in [1.54, 1.807) is 14.2 Å². The van der Waals surface area contributed by atoms with Crippen LogP contribution in [0.15, 0.2) is 71.0 Å². The van der Waals surface area contributed by atoms with Gasteiger partial charge in [-0.1, -0.05) is 18.2 Å². The molecule has 0 aliphatic carbocycles. The predicted octanol–water partition coefficient (Wildman–Crippen LogP) is 3.46. The second-order valence-electron chi connectivity index (χ2n) is 8.45. The largest absolute Gasteiger partial charge is 0.457 e. The van der Waals surface area contributed by atoms with Crippen molar-refractivity contribution in [3.05, 3.63) is 66.0 Å². The van der Waals surface area contributed by atoms with E-state index in [9.17, 15) is 9.59 Å². The molecule has 0 saturated carbocycles. The highest BCUT2D eigenvalue weighted by atomic mass is 16.5. The summed E-state index contributed by atoms with van der Waals surface area (Å²) < 4.78 is 11.0. The Bertz CT molecular complexity index is 1180. The van der Waals surface area contributed by atoms with Crippen LogP contribution < -0.4 is 9.64 Å². The van der Waals surface area contributed by atoms with Crippen molar-refractivity contribution in [3.63, 3.8) is 0 Å². The molecule has 9 nitrogen and oxygen atoms in total. The van der Waals surface area contributed by atoms with Crippen molar-refractivity contribution in [2.75, 3.05) is 32.2 Å². The smallest absolute Gasteiger partial charge is 0.328 e. The van der Waals surface area contributed by atoms with Crippen LogP contribution in [-0.4, -0.2) is 72.1 Å². The maximum Gasteiger partial charge on any atom is 0.328 e. The van der Waals surface area contributed by atoms with Gasteiger partial charge in [-0.2, -0.15) is 0 Å². The van der Waals surface area contributed by atoms with Crippen molar-refractivity contribution in [2.24, 2.45) is 4.99 Å². The summed E-state index contributed by atoms with van der Waals surface area (Å²) >= 11 is 0. The van der Waals surface area contributed by atoms with Gasteiger partial charge < -0.3 is 14.4 Å². The summed E-state index contributed by atoms with van der Waals surface area (Å²) in [6, 6.07) is 16.4. The van der Waals surface area contributed by atoms with Gasteiger partial charge in [0, 0.05) is 31.2 Å². The number of fused-ring (bicyclic) bond motifs is 3. The molecule has 5 rings (SSSR count). The zero-order valence-electron chi connectivity index (χ0n) is 19.6. The van der Waals surface area contributed by atoms with Gasteiger partial charge in [0.05, 0.1) is 13.2 Å². The van der Waals surface area contributed by atoms with E-state index in [-0.39, 0.29) is 25.1 Å². The number of likely N-dealkylation sites (N-methyl/N-ethyl adjacent to an activating group) is 1. The van der Waals surface area contributed by atoms with E-state index in [0.717, 1.165) is 28.6 Å². The highest BCUT2D eigenvalue weighted by molar-refractivity contribution is 6.10. The van der Waals surface area contributed by atoms with E-state index in [0.29, 0.717) is 5.96 Å². The summed E-state index contributed by atoms with van der Waals surface area (Å²) in [7, 11) is 3.23. The molecule has 2 atom stereocenters. The zero-order chi connectivity index (χ0) is 24.0. The monoisotopic (exact) mass is 461 g/mol. The minimum absolute atomic E-state index is 0.208. The lowest BCUT2D eigenvalue weighted by Gasteiger charge is -2.40. The third-order valence-corrected chi connectivity index (χ3v) is 6.49. The normalized spacial score (nSPS) is 21.8. The zero-order valence-corrected chi connectivity index (χ0v) is 19.6. The number of imide groups is 1. The molecule has 1 saturated heterocycles. The first kappa shape index (κ1) is 22.0. The number of anilines is 1. The summed E-state index contributed by atoms with van der Waals surface area (Å²) in [4.78, 5) is 37.8. The van der Waals surface area contributed by atoms with Gasteiger partial charge in [-0.3, -0.25) is 19.5 Å². The van der Waals surface area contributed by atoms with E-state index in [4.69, 9.17) is 14.5 Å². The van der Waals surface area contributed by atoms with Gasteiger partial charge in [0.25, 0.3) is 5.91 Å². The lowest BCUT2D eigenvalue weighted by Crippen LogP contribution is -2.65. The number of hydrogen-bond donors (Lipinski definition) is 0. The molecule has 2 unspecified atom stereocenters. The molecule has 34 heavy (non-hydrogen) atoms. The number of carbonyl (C=O) groups is 2. The molecule has 3 heterocycles. The maximum absolute atomic E-state index is 13.4. The number of urea groups is 1. The topological polar surface area (TPSA) is 77.9 Å². The average molecular weight is 462 g/mol. The number of nitrogens with zero attached hydrogens (tertiary/aromatic N) is 5. The van der Waals surface area contributed by atoms with E-state index in [1.807, 2.05) is 78.2 Å². The second kappa shape index (κ2) is 8.49. The summed E-state index contributed by atoms with van der Waals surface area (Å²) in [5.41, 5.74) is 2.80. The molecule has 0 aromatic heterocycles. The number of guanidine groups is 1. The molecule has 9 heteroatoms. The van der Waals surface area contributed by atoms with Crippen molar-refractivity contribution in [3.8, 4) is 11.5 Å². The van der Waals surface area contributed by atoms with Gasteiger partial charge in [0.1, 0.15) is 11.5 Å². The number of carbonyl (C=O) groups excluding carboxylic acids is 2. The first-order chi connectivity index (χ1) is 16.4. The number of benzene rings is 2. The van der Waals surface area contributed by atoms with E-state index in [1.165, 1.54) is 9.80 Å². The van der Waals surface area contributed by atoms with E-state index >= 15 is 0 Å². The second-order valence-corrected chi connectivity index (χ2v) is 8.45. The number of aliphatic imine (C=N–C) groups is 1. The quantitative estimate of drug-likeness (QED) is 0.656. The fourth-order valence-electron chi connectivity index (χ4n) is 4.60. The number of allylic oxidation sites excluding steroid dienone is 2. The summed E-state index contributed by atoms with van der Waals surface area (Å²) in [6.07, 6.45) is -0.583. The SMILES string of the molecule is COCCN1C(=O)C2C(N=C3N(c4ccc(Oc5ccccc5)cc4)C(C)=C(C)N32)N(C)C1=O. The van der Waals surface area contributed by atoms with Crippen molar-refractivity contribution >= 4 is 23.6 Å². The molecule has 3 aliphatic heterocycles. The third kappa shape index (κ3) is 3.40. The Morgan fingerprint density at radius 3 is 2.29 bits per heavy atom. The minimum Gasteiger partial charge on any atom is -0.457 e. The molecule has 2 aromatic carbocycles. The maximum atomic E-state index is 13.4. The summed E-state index contributed by atoms with van der Waals surface area (Å²) in [6.45, 7) is 4.47. The fourth-order valence-corrected chi connectivity index (χ4v) is 4.60. The highest BCUT2D eigenvalue weighted by Crippen LogP contribution is 2.40. The standard InChI is InChI=1S/C25H27N5O4/c1-16-17(2)30-21-22(27(3)25(32)28(23(21)31)14-15-33-4)26-24(30)29(16)18-10-12-20(13-11-18)34-19-8-6-5-7-9-19/h5-13,21-22H,14-15H2,1-4H3. The molecule has 2 aromatic rings. The first-order valence-electron chi connectivity index (χ1n) is 11.2. The molecule has 3 aliphatic rings. The molecule has 0 radical (unpaired) electrons. The van der Waals surface area contributed by atoms with Crippen molar-refractivity contribution in [1.82, 2.24) is 14.7 Å². The van der Waals surface area contributed by atoms with Crippen LogP contribution in [0.3, 0.4) is 0 Å². The number of hydrogen-bond acceptors (Lipinski definition) is 7. The Morgan fingerprint density at radius 1 is 0.941 bits per heavy atom. The fraction of sp³-hybridized carbons (Fsp3) is 0.320. The Balaban J connectivity index is 1.43. The average Bonchev–Trinajstić information content (AvgIpc) is 3.34. The Labute approximate surface area is 198 Å². The lowest BCUT2D eigenvalue weighted by molar-refractivity contribution is -0.137. The van der Waals surface area contributed by atoms with Crippen LogP contribution in [0.1, 0.15) is 13.8 Å². The Hall–Kier alpha value is -3.85. The van der Waals surface area contributed by atoms with E-state index < -0.39 is 12.2 Å². The Kier molecular flexibility index (Phi) is 5.49. The molecular formula is C25H27N5O4. The van der Waals surface area contributed by atoms with Crippen molar-refractivity contribution < 1.29 is 19.1 Å². The molecule has 0 bridgehead atoms. The number of methoxy groups -OCH3 is 1. The van der Waals surface area contributed by atoms with Gasteiger partial charge in [-0.05, 0) is 50.2 Å².